The molecule has 0 atom stereocenters. The van der Waals surface area contributed by atoms with Crippen LogP contribution in [0, 0.1) is 0 Å². The van der Waals surface area contributed by atoms with Gasteiger partial charge in [0.15, 0.2) is 0 Å². The fourth-order valence-corrected chi connectivity index (χ4v) is 3.87. The maximum Gasteiger partial charge on any atom is 0.119 e. The molecular weight excluding hydrogens is 306 g/mol. The molecule has 0 aromatic heterocycles. The summed E-state index contributed by atoms with van der Waals surface area (Å²) in [6.45, 7) is 4.66. The van der Waals surface area contributed by atoms with Crippen molar-refractivity contribution in [1.29, 1.82) is 0 Å². The molecule has 2 aromatic rings. The molecular formula is C23H23NO. The van der Waals surface area contributed by atoms with Crippen LogP contribution in [0.25, 0.3) is 5.57 Å². The van der Waals surface area contributed by atoms with Crippen molar-refractivity contribution in [2.45, 2.75) is 25.7 Å². The normalized spacial score (nSPS) is 17.5. The zero-order valence-corrected chi connectivity index (χ0v) is 15.0. The second kappa shape index (κ2) is 5.96. The van der Waals surface area contributed by atoms with Gasteiger partial charge >= 0.3 is 0 Å². The molecule has 0 fully saturated rings. The molecule has 2 aliphatic rings. The predicted octanol–water partition coefficient (Wildman–Crippen LogP) is 5.70. The van der Waals surface area contributed by atoms with E-state index in [9.17, 15) is 0 Å². The molecule has 2 aliphatic carbocycles. The Morgan fingerprint density at radius 2 is 1.72 bits per heavy atom. The molecule has 2 nitrogen and oxygen atoms in total. The van der Waals surface area contributed by atoms with E-state index in [1.54, 1.807) is 7.11 Å². The van der Waals surface area contributed by atoms with Gasteiger partial charge in [-0.3, -0.25) is 0 Å². The molecule has 0 bridgehead atoms. The van der Waals surface area contributed by atoms with Crippen LogP contribution in [0.2, 0.25) is 0 Å². The Labute approximate surface area is 149 Å². The Hall–Kier alpha value is -2.74. The highest BCUT2D eigenvalue weighted by Gasteiger charge is 2.36. The number of nitrogens with one attached hydrogen (secondary N) is 1. The van der Waals surface area contributed by atoms with Gasteiger partial charge in [0, 0.05) is 16.8 Å². The first-order valence-electron chi connectivity index (χ1n) is 8.72. The summed E-state index contributed by atoms with van der Waals surface area (Å²) in [5.41, 5.74) is 7.97. The molecule has 0 radical (unpaired) electrons. The highest BCUT2D eigenvalue weighted by Crippen LogP contribution is 2.48. The first-order chi connectivity index (χ1) is 12.1. The zero-order chi connectivity index (χ0) is 17.4. The molecule has 126 valence electrons. The number of benzene rings is 2. The minimum absolute atomic E-state index is 0.0856. The first-order valence-corrected chi connectivity index (χ1v) is 8.72. The summed E-state index contributed by atoms with van der Waals surface area (Å²) >= 11 is 0. The van der Waals surface area contributed by atoms with Gasteiger partial charge in [-0.2, -0.15) is 0 Å². The van der Waals surface area contributed by atoms with Crippen LogP contribution in [0.3, 0.4) is 0 Å². The van der Waals surface area contributed by atoms with E-state index in [2.05, 4.69) is 61.7 Å². The third-order valence-corrected chi connectivity index (χ3v) is 5.30. The Balaban J connectivity index is 1.61. The van der Waals surface area contributed by atoms with Crippen molar-refractivity contribution in [1.82, 2.24) is 0 Å². The quantitative estimate of drug-likeness (QED) is 0.780. The number of rotatable bonds is 3. The van der Waals surface area contributed by atoms with Gasteiger partial charge in [0.25, 0.3) is 0 Å². The average Bonchev–Trinajstić information content (AvgIpc) is 2.77. The number of hydrogen-bond acceptors (Lipinski definition) is 2. The number of ether oxygens (including phenoxy) is 1. The highest BCUT2D eigenvalue weighted by molar-refractivity contribution is 5.87. The zero-order valence-electron chi connectivity index (χ0n) is 15.0. The van der Waals surface area contributed by atoms with Gasteiger partial charge in [-0.25, -0.2) is 0 Å². The fraction of sp³-hybridized carbons (Fsp3) is 0.217. The van der Waals surface area contributed by atoms with Gasteiger partial charge in [-0.15, -0.1) is 0 Å². The number of hydrogen-bond donors (Lipinski definition) is 1. The Bertz CT molecular complexity index is 898. The molecule has 0 saturated heterocycles. The van der Waals surface area contributed by atoms with Gasteiger partial charge in [-0.05, 0) is 59.0 Å². The van der Waals surface area contributed by atoms with Gasteiger partial charge in [0.2, 0.25) is 0 Å². The Morgan fingerprint density at radius 3 is 2.48 bits per heavy atom. The highest BCUT2D eigenvalue weighted by atomic mass is 16.5. The van der Waals surface area contributed by atoms with Crippen LogP contribution < -0.4 is 10.1 Å². The van der Waals surface area contributed by atoms with Crippen LogP contribution in [0.1, 0.15) is 31.4 Å². The summed E-state index contributed by atoms with van der Waals surface area (Å²) in [5.74, 6) is 0.870. The van der Waals surface area contributed by atoms with Crippen LogP contribution in [0.15, 0.2) is 78.0 Å². The topological polar surface area (TPSA) is 21.3 Å². The smallest absolute Gasteiger partial charge is 0.119 e. The average molecular weight is 329 g/mol. The Morgan fingerprint density at radius 1 is 0.960 bits per heavy atom. The van der Waals surface area contributed by atoms with Crippen molar-refractivity contribution in [3.05, 3.63) is 89.2 Å². The summed E-state index contributed by atoms with van der Waals surface area (Å²) in [7, 11) is 1.69. The van der Waals surface area contributed by atoms with Crippen molar-refractivity contribution in [2.24, 2.45) is 0 Å². The summed E-state index contributed by atoms with van der Waals surface area (Å²) in [6, 6.07) is 16.8. The van der Waals surface area contributed by atoms with Crippen LogP contribution in [-0.2, 0) is 5.41 Å². The maximum absolute atomic E-state index is 5.22. The largest absolute Gasteiger partial charge is 0.497 e. The van der Waals surface area contributed by atoms with Crippen LogP contribution in [-0.4, -0.2) is 7.11 Å². The number of allylic oxidation sites excluding steroid dienone is 5. The van der Waals surface area contributed by atoms with Gasteiger partial charge in [-0.1, -0.05) is 50.3 Å². The Kier molecular flexibility index (Phi) is 3.76. The first kappa shape index (κ1) is 15.8. The summed E-state index contributed by atoms with van der Waals surface area (Å²) in [4.78, 5) is 0. The number of anilines is 1. The monoisotopic (exact) mass is 329 g/mol. The SMILES string of the molecule is COc1ccc(NC2=CCC3=C(C=C2)c2ccccc2C3(C)C)cc1. The van der Waals surface area contributed by atoms with E-state index in [-0.39, 0.29) is 5.41 Å². The molecule has 0 saturated carbocycles. The molecule has 0 aliphatic heterocycles. The lowest BCUT2D eigenvalue weighted by Gasteiger charge is -2.24. The molecule has 25 heavy (non-hydrogen) atoms. The molecule has 0 spiro atoms. The molecule has 0 amide bonds. The van der Waals surface area contributed by atoms with Gasteiger partial charge in [0.05, 0.1) is 7.11 Å². The molecule has 0 heterocycles. The van der Waals surface area contributed by atoms with Crippen LogP contribution in [0.5, 0.6) is 5.75 Å². The second-order valence-electron chi connectivity index (χ2n) is 7.11. The summed E-state index contributed by atoms with van der Waals surface area (Å²) in [5, 5.41) is 3.50. The van der Waals surface area contributed by atoms with E-state index in [0.717, 1.165) is 23.6 Å². The predicted molar refractivity (Wildman–Crippen MR) is 105 cm³/mol. The van der Waals surface area contributed by atoms with Crippen LogP contribution >= 0.6 is 0 Å². The van der Waals surface area contributed by atoms with Crippen molar-refractivity contribution >= 4 is 11.3 Å². The van der Waals surface area contributed by atoms with Crippen molar-refractivity contribution in [3.8, 4) is 5.75 Å². The molecule has 2 heteroatoms. The molecule has 1 N–H and O–H groups in total. The summed E-state index contributed by atoms with van der Waals surface area (Å²) < 4.78 is 5.22. The second-order valence-corrected chi connectivity index (χ2v) is 7.11. The maximum atomic E-state index is 5.22. The van der Waals surface area contributed by atoms with E-state index < -0.39 is 0 Å². The van der Waals surface area contributed by atoms with Gasteiger partial charge in [0.1, 0.15) is 5.75 Å². The fourth-order valence-electron chi connectivity index (χ4n) is 3.87. The lowest BCUT2D eigenvalue weighted by molar-refractivity contribution is 0.415. The molecule has 4 rings (SSSR count). The molecule has 0 unspecified atom stereocenters. The number of methoxy groups -OCH3 is 1. The summed E-state index contributed by atoms with van der Waals surface area (Å²) in [6.07, 6.45) is 7.70. The third-order valence-electron chi connectivity index (χ3n) is 5.30. The van der Waals surface area contributed by atoms with Crippen molar-refractivity contribution in [3.63, 3.8) is 0 Å². The van der Waals surface area contributed by atoms with E-state index in [1.165, 1.54) is 22.3 Å². The third kappa shape index (κ3) is 2.68. The van der Waals surface area contributed by atoms with Crippen molar-refractivity contribution < 1.29 is 4.74 Å². The van der Waals surface area contributed by atoms with Gasteiger partial charge < -0.3 is 10.1 Å². The lowest BCUT2D eigenvalue weighted by Crippen LogP contribution is -2.17. The van der Waals surface area contributed by atoms with E-state index in [4.69, 9.17) is 4.74 Å². The van der Waals surface area contributed by atoms with Crippen molar-refractivity contribution in [2.75, 3.05) is 12.4 Å². The van der Waals surface area contributed by atoms with E-state index in [0.29, 0.717) is 0 Å². The lowest BCUT2D eigenvalue weighted by atomic mass is 9.80. The standard InChI is InChI=1S/C23H23NO/c1-23(2)21-7-5-4-6-19(21)20-14-10-17(11-15-22(20)23)24-16-8-12-18(25-3)13-9-16/h4-14,24H,15H2,1-3H3. The van der Waals surface area contributed by atoms with Crippen LogP contribution in [0.4, 0.5) is 5.69 Å². The minimum Gasteiger partial charge on any atom is -0.497 e. The number of fused-ring (bicyclic) bond motifs is 2. The minimum atomic E-state index is 0.0856. The molecule has 2 aromatic carbocycles. The van der Waals surface area contributed by atoms with E-state index >= 15 is 0 Å². The van der Waals surface area contributed by atoms with E-state index in [1.807, 2.05) is 24.3 Å².